The summed E-state index contributed by atoms with van der Waals surface area (Å²) < 4.78 is 19.2. The number of rotatable bonds is 15. The summed E-state index contributed by atoms with van der Waals surface area (Å²) in [5.41, 5.74) is 2.01. The number of phenols is 1. The molecule has 1 saturated carbocycles. The number of fused-ring (bicyclic) bond motifs is 2. The van der Waals surface area contributed by atoms with E-state index in [1.807, 2.05) is 27.7 Å². The molecule has 1 amide bonds. The maximum Gasteiger partial charge on any atom is 0.409 e. The molecule has 1 heterocycles. The van der Waals surface area contributed by atoms with Crippen LogP contribution in [-0.4, -0.2) is 82.9 Å². The third-order valence-corrected chi connectivity index (χ3v) is 9.34. The fourth-order valence-electron chi connectivity index (χ4n) is 7.58. The van der Waals surface area contributed by atoms with Crippen LogP contribution in [0.15, 0.2) is 47.7 Å². The van der Waals surface area contributed by atoms with Crippen molar-refractivity contribution in [1.82, 2.24) is 4.90 Å². The van der Waals surface area contributed by atoms with Gasteiger partial charge in [-0.05, 0) is 88.5 Å². The Morgan fingerprint density at radius 3 is 2.52 bits per heavy atom. The number of aliphatic hydroxyl groups excluding tert-OH is 2. The largest absolute Gasteiger partial charge is 0.508 e. The Morgan fingerprint density at radius 1 is 1.17 bits per heavy atom. The summed E-state index contributed by atoms with van der Waals surface area (Å²) in [7, 11) is 1.38. The van der Waals surface area contributed by atoms with Crippen molar-refractivity contribution >= 4 is 11.8 Å². The quantitative estimate of drug-likeness (QED) is 0.115. The van der Waals surface area contributed by atoms with Gasteiger partial charge < -0.3 is 34.4 Å². The molecule has 10 nitrogen and oxygen atoms in total. The summed E-state index contributed by atoms with van der Waals surface area (Å²) in [5, 5.41) is 34.9. The summed E-state index contributed by atoms with van der Waals surface area (Å²) in [5.74, 6) is -0.967. The van der Waals surface area contributed by atoms with Crippen LogP contribution in [0.25, 0.3) is 0 Å². The average Bonchev–Trinajstić information content (AvgIpc) is 3.02. The fourth-order valence-corrected chi connectivity index (χ4v) is 7.58. The summed E-state index contributed by atoms with van der Waals surface area (Å²) in [4.78, 5) is 21.3. The lowest BCUT2D eigenvalue weighted by molar-refractivity contribution is -0.255. The number of hydrogen-bond donors (Lipinski definition) is 3. The number of carbonyl (C=O) groups excluding carboxylic acids is 1. The zero-order valence-corrected chi connectivity index (χ0v) is 28.2. The van der Waals surface area contributed by atoms with Crippen LogP contribution >= 0.6 is 0 Å². The second-order valence-corrected chi connectivity index (χ2v) is 13.7. The Kier molecular flexibility index (Phi) is 12.2. The number of ether oxygens (including phenoxy) is 3. The Bertz CT molecular complexity index is 1260. The Labute approximate surface area is 274 Å². The van der Waals surface area contributed by atoms with Gasteiger partial charge in [-0.15, -0.1) is 6.58 Å². The van der Waals surface area contributed by atoms with Crippen molar-refractivity contribution in [2.45, 2.75) is 102 Å². The van der Waals surface area contributed by atoms with E-state index in [0.717, 1.165) is 42.5 Å². The number of benzene rings is 1. The van der Waals surface area contributed by atoms with E-state index >= 15 is 0 Å². The molecule has 6 unspecified atom stereocenters. The molecule has 0 spiro atoms. The zero-order chi connectivity index (χ0) is 33.5. The summed E-state index contributed by atoms with van der Waals surface area (Å²) in [6, 6.07) is 4.57. The number of nitrogens with zero attached hydrogens (tertiary/aromatic N) is 2. The molecule has 1 aromatic rings. The molecule has 1 aliphatic heterocycles. The molecule has 1 fully saturated rings. The third kappa shape index (κ3) is 7.55. The standard InChI is InChI=1S/C36H54N2O8/c1-7-17-38(34(42)43-6)31-23-29(37-46-35(3,4)5)27-21-24(13-9-11-18-39)26(14-10-12-19-40)32-28-22-25(41)15-16-30(28)45-36(31,33(27)32)44-20-8-2/h8,15-16,21-22,24,26,31-33,39-41H,2,7,9-14,17-20,23H2,1,3-6H3. The minimum Gasteiger partial charge on any atom is -0.508 e. The minimum atomic E-state index is -1.33. The predicted octanol–water partition coefficient (Wildman–Crippen LogP) is 6.30. The maximum atomic E-state index is 13.5. The van der Waals surface area contributed by atoms with Crippen LogP contribution in [0.4, 0.5) is 4.79 Å². The van der Waals surface area contributed by atoms with Gasteiger partial charge in [-0.25, -0.2) is 4.79 Å². The monoisotopic (exact) mass is 642 g/mol. The fraction of sp³-hybridized carbons (Fsp3) is 0.667. The highest BCUT2D eigenvalue weighted by molar-refractivity contribution is 6.03. The molecular weight excluding hydrogens is 588 g/mol. The number of unbranched alkanes of at least 4 members (excludes halogenated alkanes) is 2. The first kappa shape index (κ1) is 35.8. The van der Waals surface area contributed by atoms with E-state index in [0.29, 0.717) is 38.0 Å². The van der Waals surface area contributed by atoms with E-state index in [1.54, 1.807) is 29.2 Å². The topological polar surface area (TPSA) is 130 Å². The number of aliphatic hydroxyl groups is 2. The van der Waals surface area contributed by atoms with Crippen LogP contribution in [0.5, 0.6) is 11.5 Å². The molecule has 3 N–H and O–H groups in total. The molecule has 10 heteroatoms. The summed E-state index contributed by atoms with van der Waals surface area (Å²) in [6.07, 6.45) is 9.23. The van der Waals surface area contributed by atoms with Crippen LogP contribution in [0.2, 0.25) is 0 Å². The van der Waals surface area contributed by atoms with Gasteiger partial charge in [0.25, 0.3) is 0 Å². The molecule has 2 aliphatic carbocycles. The van der Waals surface area contributed by atoms with E-state index in [1.165, 1.54) is 7.11 Å². The van der Waals surface area contributed by atoms with Crippen molar-refractivity contribution < 1.29 is 39.2 Å². The van der Waals surface area contributed by atoms with Gasteiger partial charge in [0.15, 0.2) is 0 Å². The lowest BCUT2D eigenvalue weighted by Crippen LogP contribution is -2.70. The van der Waals surface area contributed by atoms with Gasteiger partial charge in [-0.1, -0.05) is 37.1 Å². The number of oxime groups is 1. The van der Waals surface area contributed by atoms with Crippen molar-refractivity contribution in [2.75, 3.05) is 33.5 Å². The van der Waals surface area contributed by atoms with Gasteiger partial charge in [-0.2, -0.15) is 0 Å². The number of phenolic OH excluding ortho intramolecular Hbond substituents is 1. The first-order valence-electron chi connectivity index (χ1n) is 16.8. The number of allylic oxidation sites excluding steroid dienone is 1. The average molecular weight is 643 g/mol. The zero-order valence-electron chi connectivity index (χ0n) is 28.2. The number of methoxy groups -OCH3 is 1. The lowest BCUT2D eigenvalue weighted by Gasteiger charge is -2.59. The smallest absolute Gasteiger partial charge is 0.409 e. The Morgan fingerprint density at radius 2 is 1.89 bits per heavy atom. The van der Waals surface area contributed by atoms with E-state index in [2.05, 4.69) is 12.7 Å². The molecule has 1 aromatic carbocycles. The number of carbonyl (C=O) groups is 1. The van der Waals surface area contributed by atoms with E-state index in [9.17, 15) is 20.1 Å². The normalized spacial score (nSPS) is 27.6. The molecular formula is C36H54N2O8. The lowest BCUT2D eigenvalue weighted by atomic mass is 9.55. The van der Waals surface area contributed by atoms with Gasteiger partial charge in [0.1, 0.15) is 23.1 Å². The van der Waals surface area contributed by atoms with Crippen LogP contribution in [-0.2, 0) is 14.3 Å². The highest BCUT2D eigenvalue weighted by Gasteiger charge is 2.65. The van der Waals surface area contributed by atoms with Gasteiger partial charge >= 0.3 is 6.09 Å². The number of amides is 1. The second-order valence-electron chi connectivity index (χ2n) is 13.7. The SMILES string of the molecule is C=CCOC12Oc3ccc(O)cc3C3C(CCCCO)C(CCCCO)C=C(C(=NOC(C)(C)C)CC1N(CCC)C(=O)OC)C32. The van der Waals surface area contributed by atoms with Crippen LogP contribution in [0, 0.1) is 17.8 Å². The van der Waals surface area contributed by atoms with E-state index in [-0.39, 0.29) is 43.3 Å². The van der Waals surface area contributed by atoms with Gasteiger partial charge in [0.2, 0.25) is 5.79 Å². The molecule has 6 atom stereocenters. The molecule has 0 bridgehead atoms. The Hall–Kier alpha value is -3.08. The predicted molar refractivity (Wildman–Crippen MR) is 177 cm³/mol. The molecule has 4 rings (SSSR count). The molecule has 0 aromatic heterocycles. The first-order valence-corrected chi connectivity index (χ1v) is 16.8. The van der Waals surface area contributed by atoms with Crippen LogP contribution in [0.3, 0.4) is 0 Å². The number of aromatic hydroxyl groups is 1. The molecule has 0 radical (unpaired) electrons. The maximum absolute atomic E-state index is 13.5. The number of hydrogen-bond acceptors (Lipinski definition) is 9. The summed E-state index contributed by atoms with van der Waals surface area (Å²) in [6.45, 7) is 12.6. The van der Waals surface area contributed by atoms with Crippen LogP contribution in [0.1, 0.15) is 90.5 Å². The molecule has 3 aliphatic rings. The van der Waals surface area contributed by atoms with Crippen LogP contribution < -0.4 is 4.74 Å². The Balaban J connectivity index is 2.04. The van der Waals surface area contributed by atoms with Crippen molar-refractivity contribution in [2.24, 2.45) is 22.9 Å². The third-order valence-electron chi connectivity index (χ3n) is 9.34. The molecule has 0 saturated heterocycles. The van der Waals surface area contributed by atoms with Crippen molar-refractivity contribution in [1.29, 1.82) is 0 Å². The van der Waals surface area contributed by atoms with E-state index < -0.39 is 29.4 Å². The van der Waals surface area contributed by atoms with Crippen molar-refractivity contribution in [3.8, 4) is 11.5 Å². The van der Waals surface area contributed by atoms with Crippen molar-refractivity contribution in [3.05, 3.63) is 48.1 Å². The molecule has 46 heavy (non-hydrogen) atoms. The summed E-state index contributed by atoms with van der Waals surface area (Å²) >= 11 is 0. The highest BCUT2D eigenvalue weighted by Crippen LogP contribution is 2.61. The van der Waals surface area contributed by atoms with Crippen molar-refractivity contribution in [3.63, 3.8) is 0 Å². The van der Waals surface area contributed by atoms with Gasteiger partial charge in [0, 0.05) is 37.7 Å². The highest BCUT2D eigenvalue weighted by atomic mass is 16.7. The van der Waals surface area contributed by atoms with Gasteiger partial charge in [-0.3, -0.25) is 4.90 Å². The molecule has 256 valence electrons. The van der Waals surface area contributed by atoms with E-state index in [4.69, 9.17) is 24.2 Å². The second kappa shape index (κ2) is 15.7. The van der Waals surface area contributed by atoms with Gasteiger partial charge in [0.05, 0.1) is 25.3 Å². The minimum absolute atomic E-state index is 0.0939. The first-order chi connectivity index (χ1) is 22.0.